The molecule has 0 fully saturated rings. The average Bonchev–Trinajstić information content (AvgIpc) is 2.70. The van der Waals surface area contributed by atoms with Crippen LogP contribution in [0.5, 0.6) is 5.75 Å². The van der Waals surface area contributed by atoms with Crippen molar-refractivity contribution in [3.8, 4) is 11.4 Å². The minimum atomic E-state index is 0.167. The summed E-state index contributed by atoms with van der Waals surface area (Å²) in [6, 6.07) is 15.0. The number of hydrogen-bond donors (Lipinski definition) is 1. The molecule has 0 radical (unpaired) electrons. The van der Waals surface area contributed by atoms with Crippen molar-refractivity contribution in [3.05, 3.63) is 59.8 Å². The van der Waals surface area contributed by atoms with Gasteiger partial charge in [-0.05, 0) is 37.3 Å². The molecule has 0 amide bonds. The van der Waals surface area contributed by atoms with E-state index in [9.17, 15) is 9.90 Å². The highest BCUT2D eigenvalue weighted by atomic mass is 16.3. The maximum Gasteiger partial charge on any atom is 0.152 e. The van der Waals surface area contributed by atoms with Gasteiger partial charge >= 0.3 is 0 Å². The van der Waals surface area contributed by atoms with Crippen LogP contribution in [0.1, 0.15) is 16.1 Å². The number of carbonyl (C=O) groups is 1. The number of hydrogen-bond acceptors (Lipinski definition) is 2. The molecule has 0 saturated heterocycles. The van der Waals surface area contributed by atoms with Crippen LogP contribution < -0.4 is 0 Å². The zero-order chi connectivity index (χ0) is 13.4. The van der Waals surface area contributed by atoms with Crippen molar-refractivity contribution in [1.29, 1.82) is 0 Å². The van der Waals surface area contributed by atoms with Gasteiger partial charge in [-0.15, -0.1) is 0 Å². The van der Waals surface area contributed by atoms with Crippen LogP contribution in [0.3, 0.4) is 0 Å². The van der Waals surface area contributed by atoms with E-state index in [1.54, 1.807) is 12.1 Å². The Kier molecular flexibility index (Phi) is 2.60. The molecule has 0 aliphatic rings. The Labute approximate surface area is 110 Å². The Hall–Kier alpha value is -2.55. The Balaban J connectivity index is 2.43. The minimum absolute atomic E-state index is 0.167. The van der Waals surface area contributed by atoms with E-state index in [-0.39, 0.29) is 5.75 Å². The topological polar surface area (TPSA) is 42.2 Å². The van der Waals surface area contributed by atoms with Gasteiger partial charge in [0.1, 0.15) is 5.75 Å². The van der Waals surface area contributed by atoms with Crippen LogP contribution >= 0.6 is 0 Å². The van der Waals surface area contributed by atoms with Gasteiger partial charge in [0.25, 0.3) is 0 Å². The van der Waals surface area contributed by atoms with E-state index in [0.717, 1.165) is 28.6 Å². The third-order valence-electron chi connectivity index (χ3n) is 3.37. The first kappa shape index (κ1) is 11.5. The van der Waals surface area contributed by atoms with Gasteiger partial charge in [0.15, 0.2) is 6.29 Å². The van der Waals surface area contributed by atoms with Crippen molar-refractivity contribution >= 4 is 17.2 Å². The summed E-state index contributed by atoms with van der Waals surface area (Å²) in [6.07, 6.45) is 0.844. The molecule has 1 aromatic heterocycles. The first-order valence-electron chi connectivity index (χ1n) is 6.07. The molecule has 1 N–H and O–H groups in total. The van der Waals surface area contributed by atoms with E-state index in [2.05, 4.69) is 0 Å². The third-order valence-corrected chi connectivity index (χ3v) is 3.37. The molecule has 0 aliphatic heterocycles. The lowest BCUT2D eigenvalue weighted by Crippen LogP contribution is -1.96. The molecule has 3 heteroatoms. The van der Waals surface area contributed by atoms with Gasteiger partial charge < -0.3 is 9.67 Å². The summed E-state index contributed by atoms with van der Waals surface area (Å²) < 4.78 is 2.03. The van der Waals surface area contributed by atoms with Crippen molar-refractivity contribution < 1.29 is 9.90 Å². The lowest BCUT2D eigenvalue weighted by atomic mass is 10.1. The summed E-state index contributed by atoms with van der Waals surface area (Å²) in [5.41, 5.74) is 3.42. The van der Waals surface area contributed by atoms with E-state index < -0.39 is 0 Å². The van der Waals surface area contributed by atoms with Crippen molar-refractivity contribution in [2.45, 2.75) is 6.92 Å². The number of fused-ring (bicyclic) bond motifs is 1. The number of phenols is 1. The number of benzene rings is 2. The van der Waals surface area contributed by atoms with Crippen LogP contribution in [-0.4, -0.2) is 16.0 Å². The fourth-order valence-electron chi connectivity index (χ4n) is 2.49. The molecule has 94 valence electrons. The summed E-state index contributed by atoms with van der Waals surface area (Å²) >= 11 is 0. The van der Waals surface area contributed by atoms with Gasteiger partial charge in [0, 0.05) is 22.3 Å². The summed E-state index contributed by atoms with van der Waals surface area (Å²) in [4.78, 5) is 11.3. The number of nitrogens with zero attached hydrogens (tertiary/aromatic N) is 1. The summed E-state index contributed by atoms with van der Waals surface area (Å²) in [6.45, 7) is 1.91. The second kappa shape index (κ2) is 4.28. The quantitative estimate of drug-likeness (QED) is 0.709. The van der Waals surface area contributed by atoms with E-state index in [1.807, 2.05) is 47.9 Å². The van der Waals surface area contributed by atoms with Gasteiger partial charge in [-0.2, -0.15) is 0 Å². The van der Waals surface area contributed by atoms with Crippen LogP contribution in [0, 0.1) is 6.92 Å². The van der Waals surface area contributed by atoms with Crippen LogP contribution in [0.25, 0.3) is 16.6 Å². The summed E-state index contributed by atoms with van der Waals surface area (Å²) in [7, 11) is 0. The smallest absolute Gasteiger partial charge is 0.152 e. The van der Waals surface area contributed by atoms with Gasteiger partial charge in [-0.25, -0.2) is 0 Å². The Morgan fingerprint density at radius 3 is 2.53 bits per heavy atom. The van der Waals surface area contributed by atoms with Crippen LogP contribution in [0.4, 0.5) is 0 Å². The van der Waals surface area contributed by atoms with Gasteiger partial charge in [-0.3, -0.25) is 4.79 Å². The second-order valence-electron chi connectivity index (χ2n) is 4.49. The molecule has 0 spiro atoms. The van der Waals surface area contributed by atoms with Crippen molar-refractivity contribution in [2.24, 2.45) is 0 Å². The maximum absolute atomic E-state index is 11.3. The maximum atomic E-state index is 11.3. The molecule has 1 heterocycles. The molecule has 0 atom stereocenters. The zero-order valence-corrected chi connectivity index (χ0v) is 10.5. The van der Waals surface area contributed by atoms with Gasteiger partial charge in [-0.1, -0.05) is 18.2 Å². The molecule has 0 bridgehead atoms. The fourth-order valence-corrected chi connectivity index (χ4v) is 2.49. The molecular weight excluding hydrogens is 238 g/mol. The van der Waals surface area contributed by atoms with Crippen molar-refractivity contribution in [2.75, 3.05) is 0 Å². The zero-order valence-electron chi connectivity index (χ0n) is 10.5. The van der Waals surface area contributed by atoms with E-state index >= 15 is 0 Å². The van der Waals surface area contributed by atoms with Crippen molar-refractivity contribution in [1.82, 2.24) is 4.57 Å². The first-order valence-corrected chi connectivity index (χ1v) is 6.07. The molecular formula is C16H13NO2. The molecule has 0 saturated carbocycles. The average molecular weight is 251 g/mol. The first-order chi connectivity index (χ1) is 9.22. The second-order valence-corrected chi connectivity index (χ2v) is 4.49. The third kappa shape index (κ3) is 1.71. The highest BCUT2D eigenvalue weighted by molar-refractivity contribution is 6.00. The van der Waals surface area contributed by atoms with Crippen LogP contribution in [-0.2, 0) is 0 Å². The van der Waals surface area contributed by atoms with E-state index in [4.69, 9.17) is 0 Å². The van der Waals surface area contributed by atoms with E-state index in [1.165, 1.54) is 0 Å². The largest absolute Gasteiger partial charge is 0.508 e. The summed E-state index contributed by atoms with van der Waals surface area (Å²) in [5, 5.41) is 10.4. The lowest BCUT2D eigenvalue weighted by Gasteiger charge is -2.08. The van der Waals surface area contributed by atoms with Crippen LogP contribution in [0.15, 0.2) is 48.5 Å². The molecule has 3 rings (SSSR count). The van der Waals surface area contributed by atoms with E-state index in [0.29, 0.717) is 5.56 Å². The molecule has 0 unspecified atom stereocenters. The number of para-hydroxylation sites is 1. The lowest BCUT2D eigenvalue weighted by molar-refractivity contribution is 0.112. The summed E-state index contributed by atoms with van der Waals surface area (Å²) in [5.74, 6) is 0.167. The number of aromatic hydroxyl groups is 1. The standard InChI is InChI=1S/C16H13NO2/c1-11-15(10-18)14-9-13(19)7-8-16(14)17(11)12-5-3-2-4-6-12/h2-10,19H,1H3. The molecule has 2 aromatic carbocycles. The van der Waals surface area contributed by atoms with Crippen LogP contribution in [0.2, 0.25) is 0 Å². The molecule has 19 heavy (non-hydrogen) atoms. The molecule has 3 nitrogen and oxygen atoms in total. The van der Waals surface area contributed by atoms with Gasteiger partial charge in [0.05, 0.1) is 5.52 Å². The normalized spacial score (nSPS) is 10.8. The Morgan fingerprint density at radius 1 is 1.11 bits per heavy atom. The SMILES string of the molecule is Cc1c(C=O)c2cc(O)ccc2n1-c1ccccc1. The van der Waals surface area contributed by atoms with Crippen molar-refractivity contribution in [3.63, 3.8) is 0 Å². The number of phenolic OH excluding ortho intramolecular Hbond substituents is 1. The molecule has 3 aromatic rings. The van der Waals surface area contributed by atoms with Gasteiger partial charge in [0.2, 0.25) is 0 Å². The number of rotatable bonds is 2. The fraction of sp³-hybridized carbons (Fsp3) is 0.0625. The predicted molar refractivity (Wildman–Crippen MR) is 75.1 cm³/mol. The minimum Gasteiger partial charge on any atom is -0.508 e. The number of aldehydes is 1. The highest BCUT2D eigenvalue weighted by Crippen LogP contribution is 2.30. The highest BCUT2D eigenvalue weighted by Gasteiger charge is 2.14. The number of aromatic nitrogens is 1. The predicted octanol–water partition coefficient (Wildman–Crippen LogP) is 3.46. The molecule has 0 aliphatic carbocycles. The monoisotopic (exact) mass is 251 g/mol. The number of carbonyl (C=O) groups excluding carboxylic acids is 1. The Bertz CT molecular complexity index is 757. The Morgan fingerprint density at radius 2 is 1.84 bits per heavy atom.